The second kappa shape index (κ2) is 6.49. The SMILES string of the molecule is Cc1ccc(NC(=O)COC(=O)c2ccc(C)s2)c(F)c1. The minimum Gasteiger partial charge on any atom is -0.451 e. The van der Waals surface area contributed by atoms with E-state index in [9.17, 15) is 14.0 Å². The van der Waals surface area contributed by atoms with E-state index in [4.69, 9.17) is 4.74 Å². The van der Waals surface area contributed by atoms with Crippen molar-refractivity contribution in [1.29, 1.82) is 0 Å². The topological polar surface area (TPSA) is 55.4 Å². The van der Waals surface area contributed by atoms with E-state index in [1.54, 1.807) is 25.1 Å². The van der Waals surface area contributed by atoms with Crippen molar-refractivity contribution < 1.29 is 18.7 Å². The second-order valence-corrected chi connectivity index (χ2v) is 5.81. The molecule has 4 nitrogen and oxygen atoms in total. The van der Waals surface area contributed by atoms with Crippen LogP contribution in [0.25, 0.3) is 0 Å². The van der Waals surface area contributed by atoms with E-state index in [-0.39, 0.29) is 5.69 Å². The highest BCUT2D eigenvalue weighted by Crippen LogP contribution is 2.17. The molecule has 0 aliphatic carbocycles. The molecule has 110 valence electrons. The van der Waals surface area contributed by atoms with Crippen LogP contribution in [-0.2, 0) is 9.53 Å². The normalized spacial score (nSPS) is 10.2. The van der Waals surface area contributed by atoms with Crippen LogP contribution < -0.4 is 5.32 Å². The Balaban J connectivity index is 1.89. The molecule has 1 aromatic heterocycles. The molecular formula is C15H14FNO3S. The number of nitrogens with one attached hydrogen (secondary N) is 1. The largest absolute Gasteiger partial charge is 0.451 e. The number of benzene rings is 1. The molecule has 0 aliphatic heterocycles. The van der Waals surface area contributed by atoms with E-state index < -0.39 is 24.3 Å². The molecule has 1 aromatic carbocycles. The third-order valence-corrected chi connectivity index (χ3v) is 3.66. The molecule has 1 amide bonds. The van der Waals surface area contributed by atoms with Gasteiger partial charge in [-0.3, -0.25) is 4.79 Å². The predicted octanol–water partition coefficient (Wildman–Crippen LogP) is 3.30. The Kier molecular flexibility index (Phi) is 4.70. The van der Waals surface area contributed by atoms with E-state index in [0.717, 1.165) is 10.4 Å². The highest BCUT2D eigenvalue weighted by atomic mass is 32.1. The number of hydrogen-bond acceptors (Lipinski definition) is 4. The zero-order valence-corrected chi connectivity index (χ0v) is 12.4. The molecule has 2 aromatic rings. The number of thiophene rings is 1. The van der Waals surface area contributed by atoms with Crippen LogP contribution in [0.2, 0.25) is 0 Å². The number of carbonyl (C=O) groups is 2. The first-order valence-electron chi connectivity index (χ1n) is 6.25. The summed E-state index contributed by atoms with van der Waals surface area (Å²) in [5.41, 5.74) is 0.818. The summed E-state index contributed by atoms with van der Waals surface area (Å²) in [5.74, 6) is -1.67. The van der Waals surface area contributed by atoms with Gasteiger partial charge in [-0.1, -0.05) is 6.07 Å². The molecule has 0 radical (unpaired) electrons. The summed E-state index contributed by atoms with van der Waals surface area (Å²) in [4.78, 5) is 24.7. The Bertz CT molecular complexity index is 681. The second-order valence-electron chi connectivity index (χ2n) is 4.52. The fourth-order valence-corrected chi connectivity index (χ4v) is 2.42. The first-order valence-corrected chi connectivity index (χ1v) is 7.07. The van der Waals surface area contributed by atoms with Crippen LogP contribution >= 0.6 is 11.3 Å². The number of amides is 1. The average molecular weight is 307 g/mol. The van der Waals surface area contributed by atoms with Gasteiger partial charge in [0.05, 0.1) is 5.69 Å². The van der Waals surface area contributed by atoms with Gasteiger partial charge in [-0.05, 0) is 43.7 Å². The summed E-state index contributed by atoms with van der Waals surface area (Å²) in [5, 5.41) is 2.36. The van der Waals surface area contributed by atoms with E-state index >= 15 is 0 Å². The summed E-state index contributed by atoms with van der Waals surface area (Å²) < 4.78 is 18.4. The molecule has 0 saturated heterocycles. The van der Waals surface area contributed by atoms with E-state index in [1.807, 2.05) is 6.92 Å². The number of ether oxygens (including phenoxy) is 1. The molecule has 21 heavy (non-hydrogen) atoms. The standard InChI is InChI=1S/C15H14FNO3S/c1-9-3-5-12(11(16)7-9)17-14(18)8-20-15(19)13-6-4-10(2)21-13/h3-7H,8H2,1-2H3,(H,17,18). The third-order valence-electron chi connectivity index (χ3n) is 2.67. The molecule has 6 heteroatoms. The molecule has 0 fully saturated rings. The van der Waals surface area contributed by atoms with E-state index in [1.165, 1.54) is 23.5 Å². The van der Waals surface area contributed by atoms with Gasteiger partial charge < -0.3 is 10.1 Å². The van der Waals surface area contributed by atoms with Gasteiger partial charge in [-0.15, -0.1) is 11.3 Å². The lowest BCUT2D eigenvalue weighted by Gasteiger charge is -2.07. The summed E-state index contributed by atoms with van der Waals surface area (Å²) in [6.45, 7) is 3.16. The van der Waals surface area contributed by atoms with Gasteiger partial charge in [0.1, 0.15) is 10.7 Å². The Labute approximate surface area is 125 Å². The van der Waals surface area contributed by atoms with Gasteiger partial charge in [0.15, 0.2) is 6.61 Å². The first kappa shape index (κ1) is 15.2. The molecule has 1 heterocycles. The van der Waals surface area contributed by atoms with Gasteiger partial charge in [-0.25, -0.2) is 9.18 Å². The number of aryl methyl sites for hydroxylation is 2. The zero-order chi connectivity index (χ0) is 15.4. The summed E-state index contributed by atoms with van der Waals surface area (Å²) >= 11 is 1.29. The lowest BCUT2D eigenvalue weighted by Crippen LogP contribution is -2.21. The van der Waals surface area contributed by atoms with E-state index in [0.29, 0.717) is 4.88 Å². The molecular weight excluding hydrogens is 293 g/mol. The predicted molar refractivity (Wildman–Crippen MR) is 79.1 cm³/mol. The van der Waals surface area contributed by atoms with Gasteiger partial charge in [0.25, 0.3) is 5.91 Å². The summed E-state index contributed by atoms with van der Waals surface area (Å²) in [6, 6.07) is 7.89. The molecule has 0 saturated carbocycles. The lowest BCUT2D eigenvalue weighted by molar-refractivity contribution is -0.119. The van der Waals surface area contributed by atoms with Gasteiger partial charge in [0, 0.05) is 4.88 Å². The fraction of sp³-hybridized carbons (Fsp3) is 0.200. The van der Waals surface area contributed by atoms with Gasteiger partial charge >= 0.3 is 5.97 Å². The Morgan fingerprint density at radius 3 is 2.62 bits per heavy atom. The Hall–Kier alpha value is -2.21. The minimum atomic E-state index is -0.584. The molecule has 2 rings (SSSR count). The Morgan fingerprint density at radius 1 is 1.24 bits per heavy atom. The van der Waals surface area contributed by atoms with Crippen LogP contribution in [0.5, 0.6) is 0 Å². The van der Waals surface area contributed by atoms with Crippen LogP contribution in [0, 0.1) is 19.7 Å². The molecule has 0 unspecified atom stereocenters. The number of halogens is 1. The van der Waals surface area contributed by atoms with Crippen molar-refractivity contribution in [3.63, 3.8) is 0 Å². The molecule has 1 N–H and O–H groups in total. The quantitative estimate of drug-likeness (QED) is 0.882. The fourth-order valence-electron chi connectivity index (χ4n) is 1.65. The van der Waals surface area contributed by atoms with Crippen molar-refractivity contribution in [1.82, 2.24) is 0 Å². The molecule has 0 aliphatic rings. The van der Waals surface area contributed by atoms with Gasteiger partial charge in [0.2, 0.25) is 0 Å². The highest BCUT2D eigenvalue weighted by molar-refractivity contribution is 7.13. The smallest absolute Gasteiger partial charge is 0.348 e. The highest BCUT2D eigenvalue weighted by Gasteiger charge is 2.13. The van der Waals surface area contributed by atoms with E-state index in [2.05, 4.69) is 5.32 Å². The number of rotatable bonds is 4. The van der Waals surface area contributed by atoms with Crippen molar-refractivity contribution in [3.05, 3.63) is 51.5 Å². The monoisotopic (exact) mass is 307 g/mol. The van der Waals surface area contributed by atoms with Crippen molar-refractivity contribution in [3.8, 4) is 0 Å². The summed E-state index contributed by atoms with van der Waals surface area (Å²) in [6.07, 6.45) is 0. The molecule has 0 spiro atoms. The maximum absolute atomic E-state index is 13.6. The van der Waals surface area contributed by atoms with Gasteiger partial charge in [-0.2, -0.15) is 0 Å². The number of hydrogen-bond donors (Lipinski definition) is 1. The van der Waals surface area contributed by atoms with Crippen molar-refractivity contribution in [2.45, 2.75) is 13.8 Å². The van der Waals surface area contributed by atoms with Crippen molar-refractivity contribution in [2.24, 2.45) is 0 Å². The van der Waals surface area contributed by atoms with Crippen molar-refractivity contribution >= 4 is 28.9 Å². The maximum atomic E-state index is 13.6. The average Bonchev–Trinajstić information content (AvgIpc) is 2.86. The van der Waals surface area contributed by atoms with Crippen LogP contribution in [-0.4, -0.2) is 18.5 Å². The zero-order valence-electron chi connectivity index (χ0n) is 11.6. The van der Waals surface area contributed by atoms with Crippen LogP contribution in [0.4, 0.5) is 10.1 Å². The maximum Gasteiger partial charge on any atom is 0.348 e. The van der Waals surface area contributed by atoms with Crippen molar-refractivity contribution in [2.75, 3.05) is 11.9 Å². The first-order chi connectivity index (χ1) is 9.95. The number of anilines is 1. The van der Waals surface area contributed by atoms with Crippen LogP contribution in [0.3, 0.4) is 0 Å². The number of esters is 1. The van der Waals surface area contributed by atoms with Crippen LogP contribution in [0.15, 0.2) is 30.3 Å². The molecule has 0 atom stereocenters. The third kappa shape index (κ3) is 4.13. The summed E-state index contributed by atoms with van der Waals surface area (Å²) in [7, 11) is 0. The van der Waals surface area contributed by atoms with Crippen LogP contribution in [0.1, 0.15) is 20.1 Å². The minimum absolute atomic E-state index is 0.0635. The lowest BCUT2D eigenvalue weighted by atomic mass is 10.2. The Morgan fingerprint density at radius 2 is 2.00 bits per heavy atom. The molecule has 0 bridgehead atoms. The number of carbonyl (C=O) groups excluding carboxylic acids is 2.